The summed E-state index contributed by atoms with van der Waals surface area (Å²) < 4.78 is 11.7. The van der Waals surface area contributed by atoms with Gasteiger partial charge in [-0.05, 0) is 29.8 Å². The van der Waals surface area contributed by atoms with Crippen LogP contribution in [0.2, 0.25) is 0 Å². The van der Waals surface area contributed by atoms with Crippen molar-refractivity contribution in [3.63, 3.8) is 0 Å². The molecule has 0 radical (unpaired) electrons. The first kappa shape index (κ1) is 30.2. The predicted octanol–water partition coefficient (Wildman–Crippen LogP) is 1.60. The fraction of sp³-hybridized carbons (Fsp3) is 0.310. The molecule has 3 rings (SSSR count). The minimum Gasteiger partial charge on any atom is -0.507 e. The van der Waals surface area contributed by atoms with Gasteiger partial charge in [-0.2, -0.15) is 0 Å². The monoisotopic (exact) mass is 552 g/mol. The molecular formula is C29H36N4O7. The van der Waals surface area contributed by atoms with Gasteiger partial charge in [0.2, 0.25) is 0 Å². The van der Waals surface area contributed by atoms with Gasteiger partial charge in [-0.25, -0.2) is 4.79 Å². The van der Waals surface area contributed by atoms with E-state index >= 15 is 0 Å². The van der Waals surface area contributed by atoms with E-state index in [0.29, 0.717) is 31.1 Å². The smallest absolute Gasteiger partial charge is 0.315 e. The number of carbonyl (C=O) groups is 2. The van der Waals surface area contributed by atoms with Crippen molar-refractivity contribution in [2.45, 2.75) is 19.2 Å². The van der Waals surface area contributed by atoms with Crippen LogP contribution in [-0.4, -0.2) is 77.7 Å². The lowest BCUT2D eigenvalue weighted by atomic mass is 10.2. The van der Waals surface area contributed by atoms with Gasteiger partial charge in [0.15, 0.2) is 0 Å². The number of benzene rings is 3. The normalized spacial score (nSPS) is 11.6. The van der Waals surface area contributed by atoms with Gasteiger partial charge >= 0.3 is 6.03 Å². The molecule has 214 valence electrons. The third-order valence-electron chi connectivity index (χ3n) is 5.87. The molecule has 0 heterocycles. The van der Waals surface area contributed by atoms with E-state index in [-0.39, 0.29) is 44.2 Å². The summed E-state index contributed by atoms with van der Waals surface area (Å²) in [6, 6.07) is 20.9. The first-order valence-electron chi connectivity index (χ1n) is 12.9. The van der Waals surface area contributed by atoms with Crippen LogP contribution in [0.3, 0.4) is 0 Å². The predicted molar refractivity (Wildman–Crippen MR) is 149 cm³/mol. The van der Waals surface area contributed by atoms with Gasteiger partial charge in [-0.15, -0.1) is 0 Å². The number of rotatable bonds is 16. The fourth-order valence-electron chi connectivity index (χ4n) is 3.91. The highest BCUT2D eigenvalue weighted by molar-refractivity contribution is 5.95. The lowest BCUT2D eigenvalue weighted by molar-refractivity contribution is 0.0601. The van der Waals surface area contributed by atoms with E-state index < -0.39 is 18.0 Å². The summed E-state index contributed by atoms with van der Waals surface area (Å²) in [6.07, 6.45) is -0.826. The van der Waals surface area contributed by atoms with E-state index in [4.69, 9.17) is 20.3 Å². The maximum atomic E-state index is 11.8. The molecule has 0 saturated carbocycles. The number of aliphatic hydroxyl groups excluding tert-OH is 2. The summed E-state index contributed by atoms with van der Waals surface area (Å²) in [6.45, 7) is 1.83. The SMILES string of the molecule is NC(=O)c1cc(OCCN(Cc2ccccc2)CC(O)COc2ccccc2CNC(=O)NCCO)ccc1O. The Hall–Kier alpha value is -4.32. The van der Waals surface area contributed by atoms with Crippen LogP contribution < -0.4 is 25.8 Å². The number of aromatic hydroxyl groups is 1. The lowest BCUT2D eigenvalue weighted by Gasteiger charge is -2.25. The first-order chi connectivity index (χ1) is 19.4. The molecule has 11 heteroatoms. The molecule has 3 amide bonds. The number of carbonyl (C=O) groups excluding carboxylic acids is 2. The highest BCUT2D eigenvalue weighted by atomic mass is 16.5. The van der Waals surface area contributed by atoms with Crippen LogP contribution in [0, 0.1) is 0 Å². The highest BCUT2D eigenvalue weighted by Crippen LogP contribution is 2.23. The van der Waals surface area contributed by atoms with Crippen LogP contribution in [0.5, 0.6) is 17.2 Å². The molecule has 0 aliphatic rings. The molecule has 1 atom stereocenters. The number of primary amides is 1. The summed E-state index contributed by atoms with van der Waals surface area (Å²) >= 11 is 0. The molecular weight excluding hydrogens is 516 g/mol. The highest BCUT2D eigenvalue weighted by Gasteiger charge is 2.15. The zero-order valence-corrected chi connectivity index (χ0v) is 22.2. The third kappa shape index (κ3) is 10.1. The van der Waals surface area contributed by atoms with Crippen molar-refractivity contribution in [2.24, 2.45) is 5.73 Å². The standard InChI is InChI=1S/C29H36N4O7/c30-28(37)25-16-24(10-11-26(25)36)39-15-13-33(18-21-6-2-1-3-7-21)19-23(35)20-40-27-9-5-4-8-22(27)17-32-29(38)31-12-14-34/h1-11,16,23,34-36H,12-15,17-20H2,(H2,30,37)(H2,31,32,38). The second-order valence-electron chi connectivity index (χ2n) is 9.02. The van der Waals surface area contributed by atoms with Crippen molar-refractivity contribution in [2.75, 3.05) is 39.5 Å². The van der Waals surface area contributed by atoms with Crippen LogP contribution >= 0.6 is 0 Å². The number of hydrogen-bond donors (Lipinski definition) is 6. The number of hydrogen-bond acceptors (Lipinski definition) is 8. The van der Waals surface area contributed by atoms with Gasteiger partial charge in [0, 0.05) is 38.3 Å². The minimum absolute atomic E-state index is 0.0208. The van der Waals surface area contributed by atoms with Crippen LogP contribution in [0.25, 0.3) is 0 Å². The number of nitrogens with one attached hydrogen (secondary N) is 2. The summed E-state index contributed by atoms with van der Waals surface area (Å²) in [4.78, 5) is 25.3. The van der Waals surface area contributed by atoms with E-state index in [1.165, 1.54) is 12.1 Å². The molecule has 40 heavy (non-hydrogen) atoms. The molecule has 0 aliphatic carbocycles. The van der Waals surface area contributed by atoms with Crippen molar-refractivity contribution in [3.05, 3.63) is 89.5 Å². The van der Waals surface area contributed by atoms with Gasteiger partial charge < -0.3 is 41.2 Å². The van der Waals surface area contributed by atoms with Crippen molar-refractivity contribution >= 4 is 11.9 Å². The minimum atomic E-state index is -0.826. The van der Waals surface area contributed by atoms with E-state index in [2.05, 4.69) is 10.6 Å². The molecule has 3 aromatic carbocycles. The first-order valence-corrected chi connectivity index (χ1v) is 12.9. The maximum absolute atomic E-state index is 11.8. The Balaban J connectivity index is 1.57. The number of para-hydroxylation sites is 1. The number of nitrogens with two attached hydrogens (primary N) is 1. The van der Waals surface area contributed by atoms with E-state index in [9.17, 15) is 19.8 Å². The van der Waals surface area contributed by atoms with Crippen LogP contribution in [0.1, 0.15) is 21.5 Å². The lowest BCUT2D eigenvalue weighted by Crippen LogP contribution is -2.38. The Morgan fingerprint density at radius 2 is 1.73 bits per heavy atom. The van der Waals surface area contributed by atoms with Gasteiger partial charge in [0.05, 0.1) is 12.2 Å². The molecule has 7 N–H and O–H groups in total. The molecule has 1 unspecified atom stereocenters. The Morgan fingerprint density at radius 3 is 2.48 bits per heavy atom. The summed E-state index contributed by atoms with van der Waals surface area (Å²) in [5.41, 5.74) is 7.08. The molecule has 11 nitrogen and oxygen atoms in total. The number of aliphatic hydroxyl groups is 2. The molecule has 0 aromatic heterocycles. The largest absolute Gasteiger partial charge is 0.507 e. The van der Waals surface area contributed by atoms with Crippen LogP contribution in [0.15, 0.2) is 72.8 Å². The maximum Gasteiger partial charge on any atom is 0.315 e. The van der Waals surface area contributed by atoms with E-state index in [0.717, 1.165) is 11.1 Å². The van der Waals surface area contributed by atoms with Gasteiger partial charge in [0.1, 0.15) is 36.6 Å². The Kier molecular flexibility index (Phi) is 12.0. The van der Waals surface area contributed by atoms with Crippen molar-refractivity contribution in [3.8, 4) is 17.2 Å². The van der Waals surface area contributed by atoms with Crippen molar-refractivity contribution in [1.82, 2.24) is 15.5 Å². The van der Waals surface area contributed by atoms with E-state index in [1.807, 2.05) is 53.4 Å². The van der Waals surface area contributed by atoms with Crippen molar-refractivity contribution in [1.29, 1.82) is 0 Å². The second kappa shape index (κ2) is 15.9. The number of ether oxygens (including phenoxy) is 2. The van der Waals surface area contributed by atoms with Crippen LogP contribution in [0.4, 0.5) is 4.79 Å². The molecule has 0 spiro atoms. The molecule has 3 aromatic rings. The van der Waals surface area contributed by atoms with Gasteiger partial charge in [-0.3, -0.25) is 9.69 Å². The zero-order valence-electron chi connectivity index (χ0n) is 22.2. The molecule has 0 aliphatic heterocycles. The van der Waals surface area contributed by atoms with Crippen LogP contribution in [-0.2, 0) is 13.1 Å². The zero-order chi connectivity index (χ0) is 28.7. The topological polar surface area (TPSA) is 167 Å². The van der Waals surface area contributed by atoms with Gasteiger partial charge in [0.25, 0.3) is 5.91 Å². The Morgan fingerprint density at radius 1 is 0.975 bits per heavy atom. The summed E-state index contributed by atoms with van der Waals surface area (Å²) in [7, 11) is 0. The fourth-order valence-corrected chi connectivity index (χ4v) is 3.91. The van der Waals surface area contributed by atoms with E-state index in [1.54, 1.807) is 12.1 Å². The molecule has 0 saturated heterocycles. The summed E-state index contributed by atoms with van der Waals surface area (Å²) in [5.74, 6) is -0.0278. The quantitative estimate of drug-likeness (QED) is 0.156. The molecule has 0 bridgehead atoms. The summed E-state index contributed by atoms with van der Waals surface area (Å²) in [5, 5.41) is 34.7. The van der Waals surface area contributed by atoms with Gasteiger partial charge in [-0.1, -0.05) is 48.5 Å². The Bertz CT molecular complexity index is 1230. The number of urea groups is 1. The second-order valence-corrected chi connectivity index (χ2v) is 9.02. The number of amides is 3. The number of nitrogens with zero attached hydrogens (tertiary/aromatic N) is 1. The average Bonchev–Trinajstić information content (AvgIpc) is 2.95. The average molecular weight is 553 g/mol. The number of phenols is 1. The van der Waals surface area contributed by atoms with Crippen molar-refractivity contribution < 1.29 is 34.4 Å². The third-order valence-corrected chi connectivity index (χ3v) is 5.87. The molecule has 0 fully saturated rings. The Labute approximate surface area is 233 Å².